The van der Waals surface area contributed by atoms with Crippen molar-refractivity contribution >= 4 is 61.1 Å². The number of esters is 1. The van der Waals surface area contributed by atoms with E-state index in [1.165, 1.54) is 12.2 Å². The number of ether oxygens (including phenoxy) is 1. The molecule has 3 atom stereocenters. The summed E-state index contributed by atoms with van der Waals surface area (Å²) in [6.45, 7) is 5.61. The van der Waals surface area contributed by atoms with Crippen LogP contribution in [0.4, 0.5) is 0 Å². The molecule has 1 aliphatic rings. The molecule has 1 fully saturated rings. The van der Waals surface area contributed by atoms with Crippen LogP contribution in [0.1, 0.15) is 64.9 Å². The predicted octanol–water partition coefficient (Wildman–Crippen LogP) is 4.85. The van der Waals surface area contributed by atoms with Gasteiger partial charge in [-0.1, -0.05) is 69.9 Å². The van der Waals surface area contributed by atoms with E-state index in [9.17, 15) is 19.2 Å². The summed E-state index contributed by atoms with van der Waals surface area (Å²) >= 11 is 3.38. The van der Waals surface area contributed by atoms with Crippen LogP contribution in [0.2, 0.25) is 0 Å². The summed E-state index contributed by atoms with van der Waals surface area (Å²) < 4.78 is 5.76. The van der Waals surface area contributed by atoms with E-state index in [1.54, 1.807) is 6.92 Å². The van der Waals surface area contributed by atoms with Crippen molar-refractivity contribution in [2.75, 3.05) is 12.4 Å². The average molecular weight is 602 g/mol. The molecule has 1 heterocycles. The fraction of sp³-hybridized carbons (Fsp3) is 0.615. The summed E-state index contributed by atoms with van der Waals surface area (Å²) in [4.78, 5) is 50.8. The number of ketones is 1. The maximum Gasteiger partial charge on any atom is 0.376 e. The van der Waals surface area contributed by atoms with Gasteiger partial charge in [-0.25, -0.2) is 4.79 Å². The number of amides is 2. The van der Waals surface area contributed by atoms with Gasteiger partial charge in [0.1, 0.15) is 12.1 Å². The molecule has 1 aliphatic heterocycles. The van der Waals surface area contributed by atoms with E-state index in [-0.39, 0.29) is 24.9 Å². The molecule has 0 radical (unpaired) electrons. The third kappa shape index (κ3) is 11.3. The van der Waals surface area contributed by atoms with Gasteiger partial charge in [-0.2, -0.15) is 0 Å². The number of rotatable bonds is 15. The number of nitrogens with one attached hydrogen (secondary N) is 2. The van der Waals surface area contributed by atoms with Gasteiger partial charge in [-0.05, 0) is 56.2 Å². The topological polar surface area (TPSA) is 102 Å². The van der Waals surface area contributed by atoms with Crippen molar-refractivity contribution in [2.24, 2.45) is 5.92 Å². The Kier molecular flexibility index (Phi) is 13.9. The van der Waals surface area contributed by atoms with Crippen LogP contribution in [0, 0.1) is 5.92 Å². The number of unbranched alkanes of at least 4 members (excludes halogenated alkanes) is 1. The molecule has 200 valence electrons. The molecule has 2 N–H and O–H groups in total. The van der Waals surface area contributed by atoms with Gasteiger partial charge in [0.05, 0.1) is 6.61 Å². The molecule has 36 heavy (non-hydrogen) atoms. The summed E-state index contributed by atoms with van der Waals surface area (Å²) in [6.07, 6.45) is 5.00. The lowest BCUT2D eigenvalue weighted by Crippen LogP contribution is -2.53. The van der Waals surface area contributed by atoms with Crippen molar-refractivity contribution in [3.63, 3.8) is 0 Å². The van der Waals surface area contributed by atoms with E-state index in [0.717, 1.165) is 29.3 Å². The molecule has 1 aromatic carbocycles. The Balaban J connectivity index is 2.01. The molecule has 10 heteroatoms. The van der Waals surface area contributed by atoms with Gasteiger partial charge in [0.2, 0.25) is 11.8 Å². The van der Waals surface area contributed by atoms with Crippen LogP contribution in [0.5, 0.6) is 0 Å². The monoisotopic (exact) mass is 600 g/mol. The zero-order valence-electron chi connectivity index (χ0n) is 21.2. The first-order chi connectivity index (χ1) is 17.2. The van der Waals surface area contributed by atoms with Gasteiger partial charge in [0, 0.05) is 28.3 Å². The first-order valence-electron chi connectivity index (χ1n) is 12.5. The third-order valence-electron chi connectivity index (χ3n) is 5.73. The molecule has 1 aromatic rings. The number of carbonyl (C=O) groups is 4. The second kappa shape index (κ2) is 16.3. The van der Waals surface area contributed by atoms with Gasteiger partial charge in [0.25, 0.3) is 5.78 Å². The minimum absolute atomic E-state index is 0.0633. The number of hydrogen-bond acceptors (Lipinski definition) is 7. The van der Waals surface area contributed by atoms with E-state index in [2.05, 4.69) is 26.6 Å². The van der Waals surface area contributed by atoms with Gasteiger partial charge in [-0.15, -0.1) is 0 Å². The summed E-state index contributed by atoms with van der Waals surface area (Å²) in [5.74, 6) is -1.11. The van der Waals surface area contributed by atoms with Crippen LogP contribution in [-0.2, 0) is 30.3 Å². The van der Waals surface area contributed by atoms with Crippen LogP contribution >= 0.6 is 37.5 Å². The van der Waals surface area contributed by atoms with Crippen LogP contribution in [0.15, 0.2) is 28.7 Å². The van der Waals surface area contributed by atoms with E-state index < -0.39 is 29.7 Å². The van der Waals surface area contributed by atoms with E-state index in [0.29, 0.717) is 18.1 Å². The first kappa shape index (κ1) is 30.7. The van der Waals surface area contributed by atoms with Gasteiger partial charge >= 0.3 is 5.97 Å². The second-order valence-electron chi connectivity index (χ2n) is 9.30. The molecule has 1 saturated heterocycles. The average Bonchev–Trinajstić information content (AvgIpc) is 3.35. The minimum Gasteiger partial charge on any atom is -0.460 e. The minimum atomic E-state index is -1.09. The molecule has 0 spiro atoms. The highest BCUT2D eigenvalue weighted by Gasteiger charge is 2.31. The summed E-state index contributed by atoms with van der Waals surface area (Å²) in [5.41, 5.74) is 0.782. The molecular weight excluding hydrogens is 564 g/mol. The normalized spacial score (nSPS) is 16.9. The lowest BCUT2D eigenvalue weighted by molar-refractivity contribution is -0.154. The van der Waals surface area contributed by atoms with Gasteiger partial charge in [-0.3, -0.25) is 14.4 Å². The molecule has 0 aromatic heterocycles. The maximum atomic E-state index is 13.2. The number of Topliss-reactive ketones (excluding diaryl/α,β-unsaturated/α-hetero) is 1. The van der Waals surface area contributed by atoms with Crippen molar-refractivity contribution < 1.29 is 23.9 Å². The molecule has 7 nitrogen and oxygen atoms in total. The zero-order valence-corrected chi connectivity index (χ0v) is 24.4. The Hall–Kier alpha value is -1.52. The molecule has 2 unspecified atom stereocenters. The lowest BCUT2D eigenvalue weighted by atomic mass is 9.99. The standard InChI is InChI=1S/C26H37BrN2O5S2/c1-4-34-26(33)24(31)21(16-18-9-11-19(27)12-10-18)29-25(32)22(15-17(2)3)28-23(30)8-6-5-7-20-13-14-35-36-20/h9-12,17,20-22H,4-8,13-16H2,1-3H3,(H,28,30)(H,29,32)/t20?,21?,22-/m0/s1. The van der Waals surface area contributed by atoms with Crippen LogP contribution < -0.4 is 10.6 Å². The van der Waals surface area contributed by atoms with Crippen LogP contribution in [-0.4, -0.2) is 53.3 Å². The van der Waals surface area contributed by atoms with E-state index in [1.807, 2.05) is 59.7 Å². The predicted molar refractivity (Wildman–Crippen MR) is 150 cm³/mol. The number of carbonyl (C=O) groups excluding carboxylic acids is 4. The number of hydrogen-bond donors (Lipinski definition) is 2. The lowest BCUT2D eigenvalue weighted by Gasteiger charge is -2.24. The van der Waals surface area contributed by atoms with Crippen molar-refractivity contribution in [1.29, 1.82) is 0 Å². The second-order valence-corrected chi connectivity index (χ2v) is 13.0. The molecular formula is C26H37BrN2O5S2. The molecule has 2 rings (SSSR count). The molecule has 2 amide bonds. The quantitative estimate of drug-likeness (QED) is 0.128. The van der Waals surface area contributed by atoms with Crippen LogP contribution in [0.3, 0.4) is 0 Å². The Morgan fingerprint density at radius 2 is 1.81 bits per heavy atom. The molecule has 0 aliphatic carbocycles. The fourth-order valence-corrected chi connectivity index (χ4v) is 7.17. The van der Waals surface area contributed by atoms with Crippen LogP contribution in [0.25, 0.3) is 0 Å². The summed E-state index contributed by atoms with van der Waals surface area (Å²) in [5, 5.41) is 6.24. The first-order valence-corrected chi connectivity index (χ1v) is 15.7. The van der Waals surface area contributed by atoms with Crippen molar-refractivity contribution in [1.82, 2.24) is 10.6 Å². The number of benzene rings is 1. The van der Waals surface area contributed by atoms with Crippen molar-refractivity contribution in [3.05, 3.63) is 34.3 Å². The highest BCUT2D eigenvalue weighted by Crippen LogP contribution is 2.39. The van der Waals surface area contributed by atoms with Gasteiger partial charge < -0.3 is 15.4 Å². The Labute approximate surface area is 230 Å². The fourth-order valence-electron chi connectivity index (χ4n) is 3.87. The highest BCUT2D eigenvalue weighted by atomic mass is 79.9. The smallest absolute Gasteiger partial charge is 0.376 e. The third-order valence-corrected chi connectivity index (χ3v) is 9.26. The number of halogens is 1. The van der Waals surface area contributed by atoms with E-state index >= 15 is 0 Å². The molecule has 0 saturated carbocycles. The maximum absolute atomic E-state index is 13.2. The largest absolute Gasteiger partial charge is 0.460 e. The van der Waals surface area contributed by atoms with Gasteiger partial charge in [0.15, 0.2) is 0 Å². The van der Waals surface area contributed by atoms with Crippen molar-refractivity contribution in [2.45, 2.75) is 83.1 Å². The summed E-state index contributed by atoms with van der Waals surface area (Å²) in [6, 6.07) is 5.41. The molecule has 0 bridgehead atoms. The Morgan fingerprint density at radius 3 is 2.42 bits per heavy atom. The Morgan fingerprint density at radius 1 is 1.08 bits per heavy atom. The van der Waals surface area contributed by atoms with E-state index in [4.69, 9.17) is 4.74 Å². The van der Waals surface area contributed by atoms with Crippen molar-refractivity contribution in [3.8, 4) is 0 Å². The summed E-state index contributed by atoms with van der Waals surface area (Å²) in [7, 11) is 3.85. The Bertz CT molecular complexity index is 876. The zero-order chi connectivity index (χ0) is 26.5. The highest BCUT2D eigenvalue weighted by molar-refractivity contribution is 9.10. The SMILES string of the molecule is CCOC(=O)C(=O)C(Cc1ccc(Br)cc1)NC(=O)[C@H](CC(C)C)NC(=O)CCCCC1CCSS1.